The number of ether oxygens (including phenoxy) is 1. The van der Waals surface area contributed by atoms with Gasteiger partial charge in [-0.1, -0.05) is 6.92 Å². The highest BCUT2D eigenvalue weighted by molar-refractivity contribution is 4.88. The van der Waals surface area contributed by atoms with Crippen LogP contribution in [0.1, 0.15) is 6.92 Å². The standard InChI is InChI=1S/C8H18N2O/c1-4-9-7-5-10(2)6-8(7)11-3/h7-9H,4-6H2,1-3H3/t7-,8-/m1/s1. The minimum atomic E-state index is 0.375. The van der Waals surface area contributed by atoms with Gasteiger partial charge in [0.15, 0.2) is 0 Å². The van der Waals surface area contributed by atoms with E-state index >= 15 is 0 Å². The average Bonchev–Trinajstić information content (AvgIpc) is 2.32. The quantitative estimate of drug-likeness (QED) is 0.622. The molecule has 1 fully saturated rings. The topological polar surface area (TPSA) is 24.5 Å². The molecule has 1 rings (SSSR count). The van der Waals surface area contributed by atoms with Crippen LogP contribution >= 0.6 is 0 Å². The van der Waals surface area contributed by atoms with E-state index in [1.54, 1.807) is 7.11 Å². The van der Waals surface area contributed by atoms with E-state index in [0.29, 0.717) is 12.1 Å². The van der Waals surface area contributed by atoms with Gasteiger partial charge in [-0.2, -0.15) is 0 Å². The van der Waals surface area contributed by atoms with Crippen molar-refractivity contribution in [2.75, 3.05) is 33.8 Å². The summed E-state index contributed by atoms with van der Waals surface area (Å²) in [5.74, 6) is 0. The van der Waals surface area contributed by atoms with Crippen molar-refractivity contribution in [3.8, 4) is 0 Å². The molecule has 3 nitrogen and oxygen atoms in total. The summed E-state index contributed by atoms with van der Waals surface area (Å²) < 4.78 is 5.34. The second kappa shape index (κ2) is 4.04. The fourth-order valence-electron chi connectivity index (χ4n) is 1.66. The molecule has 1 heterocycles. The largest absolute Gasteiger partial charge is 0.378 e. The Labute approximate surface area is 68.7 Å². The Hall–Kier alpha value is -0.120. The summed E-state index contributed by atoms with van der Waals surface area (Å²) in [6, 6.07) is 0.523. The first kappa shape index (κ1) is 8.97. The van der Waals surface area contributed by atoms with Crippen molar-refractivity contribution in [2.24, 2.45) is 0 Å². The van der Waals surface area contributed by atoms with Crippen molar-refractivity contribution in [2.45, 2.75) is 19.1 Å². The van der Waals surface area contributed by atoms with E-state index in [2.05, 4.69) is 24.2 Å². The van der Waals surface area contributed by atoms with Crippen LogP contribution in [0.5, 0.6) is 0 Å². The number of rotatable bonds is 3. The first-order valence-electron chi connectivity index (χ1n) is 4.22. The molecule has 0 radical (unpaired) electrons. The van der Waals surface area contributed by atoms with E-state index in [0.717, 1.165) is 19.6 Å². The lowest BCUT2D eigenvalue weighted by atomic mass is 10.2. The number of nitrogens with zero attached hydrogens (tertiary/aromatic N) is 1. The molecule has 0 saturated carbocycles. The maximum Gasteiger partial charge on any atom is 0.0863 e. The summed E-state index contributed by atoms with van der Waals surface area (Å²) in [4.78, 5) is 2.29. The minimum absolute atomic E-state index is 0.375. The summed E-state index contributed by atoms with van der Waals surface area (Å²) in [6.45, 7) is 5.31. The number of likely N-dealkylation sites (N-methyl/N-ethyl adjacent to an activating group) is 2. The summed E-state index contributed by atoms with van der Waals surface area (Å²) in [5.41, 5.74) is 0. The molecule has 1 saturated heterocycles. The van der Waals surface area contributed by atoms with Crippen molar-refractivity contribution in [1.29, 1.82) is 0 Å². The molecule has 0 bridgehead atoms. The molecule has 0 aliphatic carbocycles. The van der Waals surface area contributed by atoms with Crippen LogP contribution in [0.2, 0.25) is 0 Å². The van der Waals surface area contributed by atoms with Gasteiger partial charge in [-0.05, 0) is 13.6 Å². The van der Waals surface area contributed by atoms with Crippen molar-refractivity contribution < 1.29 is 4.74 Å². The number of hydrogen-bond donors (Lipinski definition) is 1. The van der Waals surface area contributed by atoms with Gasteiger partial charge in [0.2, 0.25) is 0 Å². The molecule has 0 spiro atoms. The smallest absolute Gasteiger partial charge is 0.0863 e. The lowest BCUT2D eigenvalue weighted by molar-refractivity contribution is 0.0920. The monoisotopic (exact) mass is 158 g/mol. The van der Waals surface area contributed by atoms with Gasteiger partial charge in [-0.15, -0.1) is 0 Å². The zero-order valence-corrected chi connectivity index (χ0v) is 7.63. The Bertz CT molecular complexity index is 119. The molecule has 66 valence electrons. The normalized spacial score (nSPS) is 33.0. The zero-order chi connectivity index (χ0) is 8.27. The SMILES string of the molecule is CCN[C@@H]1CN(C)C[C@H]1OC. The van der Waals surface area contributed by atoms with Crippen molar-refractivity contribution in [3.05, 3.63) is 0 Å². The summed E-state index contributed by atoms with van der Waals surface area (Å²) in [7, 11) is 3.91. The Morgan fingerprint density at radius 1 is 1.55 bits per heavy atom. The van der Waals surface area contributed by atoms with Crippen LogP contribution < -0.4 is 5.32 Å². The van der Waals surface area contributed by atoms with E-state index in [-0.39, 0.29) is 0 Å². The van der Waals surface area contributed by atoms with Crippen LogP contribution in [0, 0.1) is 0 Å². The maximum atomic E-state index is 5.34. The van der Waals surface area contributed by atoms with Crippen LogP contribution in [0.4, 0.5) is 0 Å². The highest BCUT2D eigenvalue weighted by Crippen LogP contribution is 2.10. The van der Waals surface area contributed by atoms with Crippen LogP contribution in [0.25, 0.3) is 0 Å². The molecule has 3 heteroatoms. The third-order valence-electron chi connectivity index (χ3n) is 2.22. The van der Waals surface area contributed by atoms with Gasteiger partial charge in [0.05, 0.1) is 6.10 Å². The van der Waals surface area contributed by atoms with Crippen LogP contribution in [0.15, 0.2) is 0 Å². The molecular weight excluding hydrogens is 140 g/mol. The van der Waals surface area contributed by atoms with E-state index in [1.165, 1.54) is 0 Å². The third kappa shape index (κ3) is 2.15. The lowest BCUT2D eigenvalue weighted by Crippen LogP contribution is -2.39. The van der Waals surface area contributed by atoms with Crippen LogP contribution in [0.3, 0.4) is 0 Å². The molecule has 11 heavy (non-hydrogen) atoms. The molecule has 0 unspecified atom stereocenters. The zero-order valence-electron chi connectivity index (χ0n) is 7.63. The fourth-order valence-corrected chi connectivity index (χ4v) is 1.66. The molecule has 0 aromatic heterocycles. The Morgan fingerprint density at radius 2 is 2.27 bits per heavy atom. The molecule has 0 amide bonds. The predicted octanol–water partition coefficient (Wildman–Crippen LogP) is -0.0751. The molecule has 2 atom stereocenters. The molecule has 0 aromatic rings. The Kier molecular flexibility index (Phi) is 3.30. The first-order valence-corrected chi connectivity index (χ1v) is 4.22. The number of likely N-dealkylation sites (tertiary alicyclic amines) is 1. The van der Waals surface area contributed by atoms with E-state index in [4.69, 9.17) is 4.74 Å². The van der Waals surface area contributed by atoms with Gasteiger partial charge in [0, 0.05) is 26.2 Å². The van der Waals surface area contributed by atoms with Crippen molar-refractivity contribution in [3.63, 3.8) is 0 Å². The van der Waals surface area contributed by atoms with Gasteiger partial charge in [-0.3, -0.25) is 0 Å². The fraction of sp³-hybridized carbons (Fsp3) is 1.00. The van der Waals surface area contributed by atoms with Gasteiger partial charge in [0.25, 0.3) is 0 Å². The van der Waals surface area contributed by atoms with Gasteiger partial charge < -0.3 is 15.0 Å². The first-order chi connectivity index (χ1) is 5.27. The molecule has 0 aromatic carbocycles. The highest BCUT2D eigenvalue weighted by Gasteiger charge is 2.29. The predicted molar refractivity (Wildman–Crippen MR) is 45.8 cm³/mol. The van der Waals surface area contributed by atoms with Crippen LogP contribution in [-0.4, -0.2) is 50.8 Å². The Morgan fingerprint density at radius 3 is 2.82 bits per heavy atom. The van der Waals surface area contributed by atoms with Crippen molar-refractivity contribution in [1.82, 2.24) is 10.2 Å². The second-order valence-corrected chi connectivity index (χ2v) is 3.16. The van der Waals surface area contributed by atoms with Gasteiger partial charge in [0.1, 0.15) is 0 Å². The summed E-state index contributed by atoms with van der Waals surface area (Å²) >= 11 is 0. The molecule has 1 N–H and O–H groups in total. The van der Waals surface area contributed by atoms with Crippen molar-refractivity contribution >= 4 is 0 Å². The van der Waals surface area contributed by atoms with Crippen LogP contribution in [-0.2, 0) is 4.74 Å². The number of hydrogen-bond acceptors (Lipinski definition) is 3. The highest BCUT2D eigenvalue weighted by atomic mass is 16.5. The maximum absolute atomic E-state index is 5.34. The third-order valence-corrected chi connectivity index (χ3v) is 2.22. The van der Waals surface area contributed by atoms with E-state index in [9.17, 15) is 0 Å². The minimum Gasteiger partial charge on any atom is -0.378 e. The second-order valence-electron chi connectivity index (χ2n) is 3.16. The Balaban J connectivity index is 2.37. The average molecular weight is 158 g/mol. The molecule has 1 aliphatic heterocycles. The number of methoxy groups -OCH3 is 1. The molecular formula is C8H18N2O. The van der Waals surface area contributed by atoms with Gasteiger partial charge in [-0.25, -0.2) is 0 Å². The lowest BCUT2D eigenvalue weighted by Gasteiger charge is -2.16. The van der Waals surface area contributed by atoms with Gasteiger partial charge >= 0.3 is 0 Å². The molecule has 1 aliphatic rings. The summed E-state index contributed by atoms with van der Waals surface area (Å²) in [6.07, 6.45) is 0.375. The summed E-state index contributed by atoms with van der Waals surface area (Å²) in [5, 5.41) is 3.41. The number of nitrogens with one attached hydrogen (secondary N) is 1. The van der Waals surface area contributed by atoms with E-state index < -0.39 is 0 Å². The van der Waals surface area contributed by atoms with E-state index in [1.807, 2.05) is 0 Å².